The van der Waals surface area contributed by atoms with Crippen LogP contribution in [0, 0.1) is 15.9 Å². The highest BCUT2D eigenvalue weighted by Crippen LogP contribution is 2.26. The third-order valence-corrected chi connectivity index (χ3v) is 2.96. The Morgan fingerprint density at radius 1 is 1.56 bits per heavy atom. The molecule has 0 aliphatic carbocycles. The van der Waals surface area contributed by atoms with E-state index in [1.54, 1.807) is 7.11 Å². The van der Waals surface area contributed by atoms with Gasteiger partial charge in [-0.25, -0.2) is 4.39 Å². The fourth-order valence-corrected chi connectivity index (χ4v) is 2.02. The van der Waals surface area contributed by atoms with E-state index in [0.717, 1.165) is 6.07 Å². The van der Waals surface area contributed by atoms with Crippen molar-refractivity contribution in [1.82, 2.24) is 5.32 Å². The van der Waals surface area contributed by atoms with Gasteiger partial charge in [-0.3, -0.25) is 10.1 Å². The molecular weight excluding hydrogens is 241 g/mol. The largest absolute Gasteiger partial charge is 0.378 e. The van der Waals surface area contributed by atoms with E-state index in [1.165, 1.54) is 12.1 Å². The predicted molar refractivity (Wildman–Crippen MR) is 64.1 cm³/mol. The van der Waals surface area contributed by atoms with Crippen molar-refractivity contribution in [2.75, 3.05) is 25.5 Å². The minimum Gasteiger partial charge on any atom is -0.378 e. The van der Waals surface area contributed by atoms with Crippen molar-refractivity contribution in [2.24, 2.45) is 0 Å². The summed E-state index contributed by atoms with van der Waals surface area (Å²) in [5.41, 5.74) is 0.0360. The first-order valence-corrected chi connectivity index (χ1v) is 5.56. The summed E-state index contributed by atoms with van der Waals surface area (Å²) < 4.78 is 18.2. The average Bonchev–Trinajstić information content (AvgIpc) is 2.78. The summed E-state index contributed by atoms with van der Waals surface area (Å²) in [5, 5.41) is 17.0. The molecule has 1 aromatic carbocycles. The second-order valence-electron chi connectivity index (χ2n) is 4.10. The molecule has 18 heavy (non-hydrogen) atoms. The van der Waals surface area contributed by atoms with Gasteiger partial charge in [0.2, 0.25) is 0 Å². The van der Waals surface area contributed by atoms with Gasteiger partial charge in [0.1, 0.15) is 11.5 Å². The average molecular weight is 255 g/mol. The van der Waals surface area contributed by atoms with E-state index in [4.69, 9.17) is 4.74 Å². The third kappa shape index (κ3) is 2.57. The predicted octanol–water partition coefficient (Wildman–Crippen LogP) is 1.13. The summed E-state index contributed by atoms with van der Waals surface area (Å²) in [6.45, 7) is 1.33. The van der Waals surface area contributed by atoms with Gasteiger partial charge in [-0.05, 0) is 12.1 Å². The van der Waals surface area contributed by atoms with Crippen LogP contribution in [0.3, 0.4) is 0 Å². The highest BCUT2D eigenvalue weighted by molar-refractivity contribution is 5.62. The minimum atomic E-state index is -0.625. The number of nitro benzene ring substituents is 1. The first-order valence-electron chi connectivity index (χ1n) is 5.56. The number of rotatable bonds is 4. The molecule has 0 amide bonds. The molecule has 0 spiro atoms. The van der Waals surface area contributed by atoms with Gasteiger partial charge in [-0.1, -0.05) is 0 Å². The zero-order chi connectivity index (χ0) is 13.1. The van der Waals surface area contributed by atoms with Crippen molar-refractivity contribution >= 4 is 11.4 Å². The van der Waals surface area contributed by atoms with Gasteiger partial charge in [0, 0.05) is 20.2 Å². The monoisotopic (exact) mass is 255 g/mol. The van der Waals surface area contributed by atoms with Gasteiger partial charge < -0.3 is 15.4 Å². The zero-order valence-corrected chi connectivity index (χ0v) is 9.85. The molecule has 0 bridgehead atoms. The number of hydrogen-bond donors (Lipinski definition) is 2. The summed E-state index contributed by atoms with van der Waals surface area (Å²) >= 11 is 0. The number of benzene rings is 1. The SMILES string of the molecule is CO[C@@H]1CNCC1Nc1ccc(F)cc1[N+](=O)[O-]. The van der Waals surface area contributed by atoms with Crippen molar-refractivity contribution in [3.8, 4) is 0 Å². The molecule has 1 fully saturated rings. The van der Waals surface area contributed by atoms with Gasteiger partial charge >= 0.3 is 0 Å². The first kappa shape index (κ1) is 12.7. The van der Waals surface area contributed by atoms with E-state index < -0.39 is 10.7 Å². The number of nitrogens with zero attached hydrogens (tertiary/aromatic N) is 1. The van der Waals surface area contributed by atoms with Crippen LogP contribution in [-0.2, 0) is 4.74 Å². The van der Waals surface area contributed by atoms with E-state index in [0.29, 0.717) is 18.8 Å². The van der Waals surface area contributed by atoms with Gasteiger partial charge in [-0.15, -0.1) is 0 Å². The fourth-order valence-electron chi connectivity index (χ4n) is 2.02. The van der Waals surface area contributed by atoms with Gasteiger partial charge in [0.15, 0.2) is 0 Å². The van der Waals surface area contributed by atoms with Crippen molar-refractivity contribution in [3.05, 3.63) is 34.1 Å². The Bertz CT molecular complexity index is 455. The van der Waals surface area contributed by atoms with Crippen LogP contribution in [0.2, 0.25) is 0 Å². The number of nitrogens with one attached hydrogen (secondary N) is 2. The van der Waals surface area contributed by atoms with Crippen molar-refractivity contribution in [3.63, 3.8) is 0 Å². The molecule has 1 saturated heterocycles. The molecule has 0 radical (unpaired) electrons. The van der Waals surface area contributed by atoms with Crippen LogP contribution >= 0.6 is 0 Å². The number of ether oxygens (including phenoxy) is 1. The van der Waals surface area contributed by atoms with Crippen LogP contribution in [0.5, 0.6) is 0 Å². The summed E-state index contributed by atoms with van der Waals surface area (Å²) in [5.74, 6) is -0.625. The van der Waals surface area contributed by atoms with Crippen LogP contribution in [0.4, 0.5) is 15.8 Å². The van der Waals surface area contributed by atoms with E-state index in [-0.39, 0.29) is 17.8 Å². The Morgan fingerprint density at radius 3 is 3.00 bits per heavy atom. The highest BCUT2D eigenvalue weighted by Gasteiger charge is 2.28. The molecule has 1 unspecified atom stereocenters. The molecule has 98 valence electrons. The molecule has 1 aliphatic heterocycles. The molecule has 1 aromatic rings. The minimum absolute atomic E-state index is 0.0605. The van der Waals surface area contributed by atoms with E-state index >= 15 is 0 Å². The molecule has 6 nitrogen and oxygen atoms in total. The molecule has 7 heteroatoms. The fraction of sp³-hybridized carbons (Fsp3) is 0.455. The third-order valence-electron chi connectivity index (χ3n) is 2.96. The Morgan fingerprint density at radius 2 is 2.33 bits per heavy atom. The molecule has 2 N–H and O–H groups in total. The van der Waals surface area contributed by atoms with Gasteiger partial charge in [0.05, 0.1) is 23.1 Å². The summed E-state index contributed by atoms with van der Waals surface area (Å²) in [6, 6.07) is 3.41. The number of methoxy groups -OCH3 is 1. The Labute approximate surface area is 103 Å². The Kier molecular flexibility index (Phi) is 3.73. The lowest BCUT2D eigenvalue weighted by atomic mass is 10.2. The number of nitro groups is 1. The lowest BCUT2D eigenvalue weighted by molar-refractivity contribution is -0.384. The van der Waals surface area contributed by atoms with Crippen LogP contribution in [0.1, 0.15) is 0 Å². The summed E-state index contributed by atoms with van der Waals surface area (Å²) in [6.07, 6.45) is -0.0605. The number of halogens is 1. The Balaban J connectivity index is 2.20. The highest BCUT2D eigenvalue weighted by atomic mass is 19.1. The van der Waals surface area contributed by atoms with Crippen LogP contribution in [0.25, 0.3) is 0 Å². The van der Waals surface area contributed by atoms with E-state index in [2.05, 4.69) is 10.6 Å². The summed E-state index contributed by atoms with van der Waals surface area (Å²) in [4.78, 5) is 10.2. The van der Waals surface area contributed by atoms with Crippen molar-refractivity contribution in [2.45, 2.75) is 12.1 Å². The van der Waals surface area contributed by atoms with Gasteiger partial charge in [-0.2, -0.15) is 0 Å². The molecule has 0 saturated carbocycles. The van der Waals surface area contributed by atoms with Crippen molar-refractivity contribution in [1.29, 1.82) is 0 Å². The standard InChI is InChI=1S/C11H14FN3O3/c1-18-11-6-13-5-9(11)14-8-3-2-7(12)4-10(8)15(16)17/h2-4,9,11,13-14H,5-6H2,1H3/t9?,11-/m1/s1. The normalized spacial score (nSPS) is 23.0. The summed E-state index contributed by atoms with van der Waals surface area (Å²) in [7, 11) is 1.59. The maximum Gasteiger partial charge on any atom is 0.295 e. The quantitative estimate of drug-likeness (QED) is 0.623. The molecule has 2 atom stereocenters. The van der Waals surface area contributed by atoms with Gasteiger partial charge in [0.25, 0.3) is 5.69 Å². The van der Waals surface area contributed by atoms with Crippen molar-refractivity contribution < 1.29 is 14.1 Å². The molecule has 2 rings (SSSR count). The maximum atomic E-state index is 13.0. The van der Waals surface area contributed by atoms with Crippen LogP contribution in [0.15, 0.2) is 18.2 Å². The molecule has 1 aliphatic rings. The topological polar surface area (TPSA) is 76.4 Å². The zero-order valence-electron chi connectivity index (χ0n) is 9.85. The molecule has 1 heterocycles. The smallest absolute Gasteiger partial charge is 0.295 e. The number of hydrogen-bond acceptors (Lipinski definition) is 5. The van der Waals surface area contributed by atoms with Crippen LogP contribution in [-0.4, -0.2) is 37.3 Å². The van der Waals surface area contributed by atoms with E-state index in [1.807, 2.05) is 0 Å². The lowest BCUT2D eigenvalue weighted by Crippen LogP contribution is -2.33. The number of anilines is 1. The second-order valence-corrected chi connectivity index (χ2v) is 4.10. The first-order chi connectivity index (χ1) is 8.61. The second kappa shape index (κ2) is 5.28. The lowest BCUT2D eigenvalue weighted by Gasteiger charge is -2.19. The van der Waals surface area contributed by atoms with Crippen LogP contribution < -0.4 is 10.6 Å². The molecule has 0 aromatic heterocycles. The Hall–Kier alpha value is -1.73. The van der Waals surface area contributed by atoms with E-state index in [9.17, 15) is 14.5 Å². The maximum absolute atomic E-state index is 13.0. The molecular formula is C11H14FN3O3.